The van der Waals surface area contributed by atoms with Gasteiger partial charge in [-0.2, -0.15) is 0 Å². The van der Waals surface area contributed by atoms with Crippen molar-refractivity contribution in [2.75, 3.05) is 24.2 Å². The van der Waals surface area contributed by atoms with E-state index in [9.17, 15) is 13.2 Å². The van der Waals surface area contributed by atoms with Crippen molar-refractivity contribution in [1.82, 2.24) is 9.29 Å². The van der Waals surface area contributed by atoms with Crippen LogP contribution in [-0.4, -0.2) is 42.5 Å². The highest BCUT2D eigenvalue weighted by Gasteiger charge is 2.29. The van der Waals surface area contributed by atoms with E-state index < -0.39 is 10.0 Å². The summed E-state index contributed by atoms with van der Waals surface area (Å²) < 4.78 is 26.2. The second-order valence-corrected chi connectivity index (χ2v) is 11.4. The van der Waals surface area contributed by atoms with Gasteiger partial charge in [0.2, 0.25) is 10.0 Å². The highest BCUT2D eigenvalue weighted by molar-refractivity contribution is 7.89. The fourth-order valence-electron chi connectivity index (χ4n) is 4.16. The molecule has 0 unspecified atom stereocenters. The van der Waals surface area contributed by atoms with E-state index in [1.165, 1.54) is 11.3 Å². The third-order valence-electron chi connectivity index (χ3n) is 5.92. The van der Waals surface area contributed by atoms with E-state index in [4.69, 9.17) is 0 Å². The van der Waals surface area contributed by atoms with Crippen LogP contribution in [0.1, 0.15) is 53.2 Å². The lowest BCUT2D eigenvalue weighted by molar-refractivity contribution is 0.102. The minimum Gasteiger partial charge on any atom is -0.320 e. The zero-order valence-electron chi connectivity index (χ0n) is 19.0. The Morgan fingerprint density at radius 3 is 2.58 bits per heavy atom. The number of nitrogens with one attached hydrogen (secondary N) is 1. The fourth-order valence-corrected chi connectivity index (χ4v) is 6.67. The fraction of sp³-hybridized carbons (Fsp3) is 0.360. The highest BCUT2D eigenvalue weighted by Crippen LogP contribution is 2.33. The molecule has 4 rings (SSSR count). The van der Waals surface area contributed by atoms with E-state index in [-0.39, 0.29) is 17.6 Å². The maximum Gasteiger partial charge on any atom is 0.275 e. The molecule has 0 spiro atoms. The second-order valence-electron chi connectivity index (χ2n) is 8.43. The van der Waals surface area contributed by atoms with Gasteiger partial charge in [0.1, 0.15) is 5.69 Å². The van der Waals surface area contributed by atoms with Crippen molar-refractivity contribution in [1.29, 1.82) is 0 Å². The Labute approximate surface area is 199 Å². The van der Waals surface area contributed by atoms with Crippen molar-refractivity contribution in [3.8, 4) is 11.1 Å². The Balaban J connectivity index is 1.45. The second kappa shape index (κ2) is 10.2. The maximum absolute atomic E-state index is 13.0. The third kappa shape index (κ3) is 5.51. The molecule has 0 radical (unpaired) electrons. The summed E-state index contributed by atoms with van der Waals surface area (Å²) in [6.45, 7) is 4.94. The SMILES string of the molecule is CCCS(=O)(=O)N1CCC(c2nc(C(=O)Nc3ccc(C)cc3-c3ccccc3)cs2)CC1. The lowest BCUT2D eigenvalue weighted by atomic mass is 9.99. The number of aryl methyl sites for hydroxylation is 1. The Hall–Kier alpha value is -2.55. The summed E-state index contributed by atoms with van der Waals surface area (Å²) >= 11 is 1.48. The van der Waals surface area contributed by atoms with Gasteiger partial charge in [0.25, 0.3) is 5.91 Å². The van der Waals surface area contributed by atoms with Crippen molar-refractivity contribution in [3.05, 3.63) is 70.2 Å². The lowest BCUT2D eigenvalue weighted by Gasteiger charge is -2.30. The first-order valence-electron chi connectivity index (χ1n) is 11.3. The number of hydrogen-bond donors (Lipinski definition) is 1. The molecule has 0 bridgehead atoms. The predicted molar refractivity (Wildman–Crippen MR) is 134 cm³/mol. The van der Waals surface area contributed by atoms with Crippen LogP contribution in [-0.2, 0) is 10.0 Å². The minimum atomic E-state index is -3.16. The third-order valence-corrected chi connectivity index (χ3v) is 9.00. The molecule has 1 aliphatic rings. The average molecular weight is 484 g/mol. The van der Waals surface area contributed by atoms with E-state index >= 15 is 0 Å². The van der Waals surface area contributed by atoms with Crippen LogP contribution in [0.25, 0.3) is 11.1 Å². The number of amides is 1. The van der Waals surface area contributed by atoms with Crippen molar-refractivity contribution < 1.29 is 13.2 Å². The maximum atomic E-state index is 13.0. The zero-order valence-corrected chi connectivity index (χ0v) is 20.6. The number of anilines is 1. The van der Waals surface area contributed by atoms with Crippen molar-refractivity contribution in [2.45, 2.75) is 39.0 Å². The molecule has 0 saturated carbocycles. The Kier molecular flexibility index (Phi) is 7.26. The van der Waals surface area contributed by atoms with Gasteiger partial charge in [-0.3, -0.25) is 4.79 Å². The number of rotatable bonds is 7. The van der Waals surface area contributed by atoms with Crippen LogP contribution in [0.5, 0.6) is 0 Å². The van der Waals surface area contributed by atoms with Crippen LogP contribution >= 0.6 is 11.3 Å². The number of aromatic nitrogens is 1. The van der Waals surface area contributed by atoms with Gasteiger partial charge < -0.3 is 5.32 Å². The van der Waals surface area contributed by atoms with Crippen LogP contribution in [0.2, 0.25) is 0 Å². The van der Waals surface area contributed by atoms with Gasteiger partial charge in [0, 0.05) is 35.6 Å². The number of carbonyl (C=O) groups is 1. The highest BCUT2D eigenvalue weighted by atomic mass is 32.2. The monoisotopic (exact) mass is 483 g/mol. The number of sulfonamides is 1. The topological polar surface area (TPSA) is 79.4 Å². The Morgan fingerprint density at radius 2 is 1.88 bits per heavy atom. The summed E-state index contributed by atoms with van der Waals surface area (Å²) in [6, 6.07) is 16.0. The Morgan fingerprint density at radius 1 is 1.15 bits per heavy atom. The summed E-state index contributed by atoms with van der Waals surface area (Å²) in [5.41, 5.74) is 4.28. The smallest absolute Gasteiger partial charge is 0.275 e. The van der Waals surface area contributed by atoms with Gasteiger partial charge in [-0.05, 0) is 43.9 Å². The summed E-state index contributed by atoms with van der Waals surface area (Å²) in [6.07, 6.45) is 2.08. The number of thiazole rings is 1. The molecule has 0 aliphatic carbocycles. The molecular formula is C25H29N3O3S2. The lowest BCUT2D eigenvalue weighted by Crippen LogP contribution is -2.39. The average Bonchev–Trinajstić information content (AvgIpc) is 3.31. The van der Waals surface area contributed by atoms with Crippen molar-refractivity contribution in [3.63, 3.8) is 0 Å². The summed E-state index contributed by atoms with van der Waals surface area (Å²) in [5, 5.41) is 5.72. The Bertz CT molecular complexity index is 1210. The van der Waals surface area contributed by atoms with Crippen LogP contribution in [0.4, 0.5) is 5.69 Å². The predicted octanol–water partition coefficient (Wildman–Crippen LogP) is 5.29. The molecule has 1 aromatic heterocycles. The molecule has 2 heterocycles. The summed E-state index contributed by atoms with van der Waals surface area (Å²) in [4.78, 5) is 17.6. The van der Waals surface area contributed by atoms with Crippen LogP contribution in [0.3, 0.4) is 0 Å². The number of nitrogens with zero attached hydrogens (tertiary/aromatic N) is 2. The van der Waals surface area contributed by atoms with Crippen molar-refractivity contribution >= 4 is 33.0 Å². The molecule has 0 atom stereocenters. The number of piperidine rings is 1. The standard InChI is InChI=1S/C25H29N3O3S2/c1-3-15-33(30,31)28-13-11-20(12-14-28)25-27-23(17-32-25)24(29)26-22-10-9-18(2)16-21(22)19-7-5-4-6-8-19/h4-10,16-17,20H,3,11-15H2,1-2H3,(H,26,29). The van der Waals surface area contributed by atoms with E-state index in [2.05, 4.69) is 16.4 Å². The molecule has 1 amide bonds. The first kappa shape index (κ1) is 23.6. The first-order valence-corrected chi connectivity index (χ1v) is 13.8. The molecule has 174 valence electrons. The number of hydrogen-bond acceptors (Lipinski definition) is 5. The van der Waals surface area contributed by atoms with Gasteiger partial charge in [0.05, 0.1) is 10.8 Å². The van der Waals surface area contributed by atoms with Crippen LogP contribution in [0.15, 0.2) is 53.9 Å². The molecule has 1 N–H and O–H groups in total. The van der Waals surface area contributed by atoms with E-state index in [0.717, 1.165) is 40.2 Å². The van der Waals surface area contributed by atoms with E-state index in [1.54, 1.807) is 9.69 Å². The van der Waals surface area contributed by atoms with Gasteiger partial charge in [0.15, 0.2) is 0 Å². The molecule has 1 saturated heterocycles. The molecule has 1 fully saturated rings. The molecule has 33 heavy (non-hydrogen) atoms. The minimum absolute atomic E-state index is 0.184. The van der Waals surface area contributed by atoms with E-state index in [0.29, 0.717) is 25.2 Å². The quantitative estimate of drug-likeness (QED) is 0.495. The summed E-state index contributed by atoms with van der Waals surface area (Å²) in [5.74, 6) is 0.147. The first-order chi connectivity index (χ1) is 15.9. The zero-order chi connectivity index (χ0) is 23.4. The van der Waals surface area contributed by atoms with Gasteiger partial charge in [-0.25, -0.2) is 17.7 Å². The molecule has 3 aromatic rings. The summed E-state index contributed by atoms with van der Waals surface area (Å²) in [7, 11) is -3.16. The van der Waals surface area contributed by atoms with Crippen molar-refractivity contribution in [2.24, 2.45) is 0 Å². The normalized spacial score (nSPS) is 15.5. The largest absolute Gasteiger partial charge is 0.320 e. The molecule has 1 aliphatic heterocycles. The van der Waals surface area contributed by atoms with Crippen LogP contribution < -0.4 is 5.32 Å². The molecule has 6 nitrogen and oxygen atoms in total. The van der Waals surface area contributed by atoms with E-state index in [1.807, 2.05) is 56.3 Å². The number of carbonyl (C=O) groups excluding carboxylic acids is 1. The van der Waals surface area contributed by atoms with Gasteiger partial charge in [-0.1, -0.05) is 48.9 Å². The molecule has 2 aromatic carbocycles. The number of benzene rings is 2. The molecule has 8 heteroatoms. The molecular weight excluding hydrogens is 454 g/mol. The van der Waals surface area contributed by atoms with Gasteiger partial charge >= 0.3 is 0 Å². The van der Waals surface area contributed by atoms with Gasteiger partial charge in [-0.15, -0.1) is 11.3 Å². The van der Waals surface area contributed by atoms with Crippen LogP contribution in [0, 0.1) is 6.92 Å².